The maximum Gasteiger partial charge on any atom is 0.136 e. The van der Waals surface area contributed by atoms with Gasteiger partial charge in [-0.05, 0) is 43.4 Å². The predicted molar refractivity (Wildman–Crippen MR) is 123 cm³/mol. The number of fused-ring (bicyclic) bond motifs is 1. The van der Waals surface area contributed by atoms with Crippen LogP contribution in [0.15, 0.2) is 68.2 Å². The van der Waals surface area contributed by atoms with Crippen molar-refractivity contribution < 1.29 is 9.15 Å². The lowest BCUT2D eigenvalue weighted by Gasteiger charge is -2.32. The Balaban J connectivity index is 1.69. The van der Waals surface area contributed by atoms with Crippen LogP contribution in [0.5, 0.6) is 0 Å². The van der Waals surface area contributed by atoms with Crippen LogP contribution in [0.25, 0.3) is 11.0 Å². The monoisotopic (exact) mass is 405 g/mol. The topological polar surface area (TPSA) is 73.1 Å². The van der Waals surface area contributed by atoms with Gasteiger partial charge in [0.2, 0.25) is 0 Å². The average molecular weight is 406 g/mol. The summed E-state index contributed by atoms with van der Waals surface area (Å²) in [7, 11) is 1.71. The number of para-hydroxylation sites is 1. The molecule has 0 spiro atoms. The Hall–Kier alpha value is -2.66. The van der Waals surface area contributed by atoms with E-state index in [2.05, 4.69) is 43.1 Å². The van der Waals surface area contributed by atoms with Crippen molar-refractivity contribution in [3.8, 4) is 0 Å². The van der Waals surface area contributed by atoms with Crippen molar-refractivity contribution >= 4 is 22.9 Å². The van der Waals surface area contributed by atoms with Crippen molar-refractivity contribution in [1.82, 2.24) is 0 Å². The van der Waals surface area contributed by atoms with Crippen LogP contribution < -0.4 is 5.73 Å². The molecule has 0 radical (unpaired) electrons. The zero-order valence-corrected chi connectivity index (χ0v) is 18.0. The van der Waals surface area contributed by atoms with E-state index in [0.29, 0.717) is 5.92 Å². The number of hydrogen-bond acceptors (Lipinski definition) is 5. The summed E-state index contributed by atoms with van der Waals surface area (Å²) >= 11 is 0. The molecule has 1 aromatic heterocycles. The fourth-order valence-corrected chi connectivity index (χ4v) is 4.30. The van der Waals surface area contributed by atoms with Crippen LogP contribution in [0, 0.1) is 11.8 Å². The van der Waals surface area contributed by atoms with E-state index in [1.807, 2.05) is 24.4 Å². The quantitative estimate of drug-likeness (QED) is 0.739. The normalized spacial score (nSPS) is 24.6. The average Bonchev–Trinajstić information content (AvgIpc) is 2.99. The zero-order valence-electron chi connectivity index (χ0n) is 18.0. The molecule has 0 saturated carbocycles. The number of hydrogen-bond donors (Lipinski definition) is 1. The predicted octanol–water partition coefficient (Wildman–Crippen LogP) is 5.24. The van der Waals surface area contributed by atoms with Gasteiger partial charge in [-0.1, -0.05) is 38.1 Å². The molecule has 0 amide bonds. The Morgan fingerprint density at radius 2 is 2.10 bits per heavy atom. The Labute approximate surface area is 178 Å². The van der Waals surface area contributed by atoms with E-state index in [4.69, 9.17) is 19.9 Å². The Bertz CT molecular complexity index is 979. The minimum absolute atomic E-state index is 0.147. The SMILES string of the molecule is COC1=CC(c2cc3ccccc3o2)CC(C(C)C)C1=NC(N)C1=CCCCN=C1. The standard InChI is InChI=1S/C25H31N3O2/c1-16(2)20-12-19(22-13-17-8-4-5-10-21(17)30-22)14-23(29-3)24(20)28-25(26)18-9-6-7-11-27-15-18/h4-5,8-10,13-16,19-20,25H,6-7,11-12,26H2,1-3H3. The Morgan fingerprint density at radius 3 is 2.87 bits per heavy atom. The first-order chi connectivity index (χ1) is 14.6. The van der Waals surface area contributed by atoms with E-state index in [9.17, 15) is 0 Å². The molecular formula is C25H31N3O2. The van der Waals surface area contributed by atoms with Crippen molar-refractivity contribution in [2.24, 2.45) is 27.6 Å². The molecule has 5 nitrogen and oxygen atoms in total. The van der Waals surface area contributed by atoms with E-state index in [0.717, 1.165) is 59.6 Å². The second kappa shape index (κ2) is 9.00. The molecule has 5 heteroatoms. The van der Waals surface area contributed by atoms with Crippen LogP contribution in [0.2, 0.25) is 0 Å². The van der Waals surface area contributed by atoms with Gasteiger partial charge >= 0.3 is 0 Å². The van der Waals surface area contributed by atoms with Crippen molar-refractivity contribution in [3.63, 3.8) is 0 Å². The van der Waals surface area contributed by atoms with E-state index in [-0.39, 0.29) is 11.8 Å². The van der Waals surface area contributed by atoms with Gasteiger partial charge in [0.1, 0.15) is 23.3 Å². The van der Waals surface area contributed by atoms with E-state index in [1.165, 1.54) is 0 Å². The van der Waals surface area contributed by atoms with E-state index >= 15 is 0 Å². The smallest absolute Gasteiger partial charge is 0.136 e. The van der Waals surface area contributed by atoms with Gasteiger partial charge in [0, 0.05) is 35.6 Å². The largest absolute Gasteiger partial charge is 0.495 e. The molecule has 2 aliphatic rings. The Morgan fingerprint density at radius 1 is 1.27 bits per heavy atom. The molecule has 158 valence electrons. The first kappa shape index (κ1) is 20.6. The number of aliphatic imine (C=N–C) groups is 2. The molecule has 0 bridgehead atoms. The van der Waals surface area contributed by atoms with Crippen LogP contribution >= 0.6 is 0 Å². The third-order valence-corrected chi connectivity index (χ3v) is 6.03. The lowest BCUT2D eigenvalue weighted by molar-refractivity contribution is 0.289. The molecule has 2 heterocycles. The molecule has 0 saturated heterocycles. The number of nitrogens with zero attached hydrogens (tertiary/aromatic N) is 2. The third kappa shape index (κ3) is 4.26. The maximum atomic E-state index is 6.48. The number of benzene rings is 1. The molecular weight excluding hydrogens is 374 g/mol. The van der Waals surface area contributed by atoms with Crippen LogP contribution in [-0.2, 0) is 4.74 Å². The summed E-state index contributed by atoms with van der Waals surface area (Å²) in [5, 5.41) is 1.13. The zero-order chi connectivity index (χ0) is 21.1. The van der Waals surface area contributed by atoms with Gasteiger partial charge in [-0.2, -0.15) is 0 Å². The molecule has 4 rings (SSSR count). The maximum absolute atomic E-state index is 6.48. The molecule has 0 fully saturated rings. The highest BCUT2D eigenvalue weighted by atomic mass is 16.5. The van der Waals surface area contributed by atoms with Crippen LogP contribution in [0.3, 0.4) is 0 Å². The van der Waals surface area contributed by atoms with Crippen molar-refractivity contribution in [1.29, 1.82) is 0 Å². The number of rotatable bonds is 5. The molecule has 1 aliphatic heterocycles. The van der Waals surface area contributed by atoms with Crippen molar-refractivity contribution in [3.05, 3.63) is 59.6 Å². The number of furan rings is 1. The molecule has 1 aliphatic carbocycles. The van der Waals surface area contributed by atoms with Gasteiger partial charge < -0.3 is 14.9 Å². The van der Waals surface area contributed by atoms with Gasteiger partial charge in [0.15, 0.2) is 0 Å². The highest BCUT2D eigenvalue weighted by Gasteiger charge is 2.34. The van der Waals surface area contributed by atoms with E-state index in [1.54, 1.807) is 7.11 Å². The number of nitrogens with two attached hydrogens (primary N) is 1. The van der Waals surface area contributed by atoms with Crippen LogP contribution in [0.4, 0.5) is 0 Å². The second-order valence-electron chi connectivity index (χ2n) is 8.46. The third-order valence-electron chi connectivity index (χ3n) is 6.03. The van der Waals surface area contributed by atoms with E-state index < -0.39 is 6.17 Å². The second-order valence-corrected chi connectivity index (χ2v) is 8.46. The molecule has 1 aromatic carbocycles. The van der Waals surface area contributed by atoms with Gasteiger partial charge in [-0.15, -0.1) is 0 Å². The fourth-order valence-electron chi connectivity index (χ4n) is 4.30. The van der Waals surface area contributed by atoms with Gasteiger partial charge in [-0.25, -0.2) is 0 Å². The van der Waals surface area contributed by atoms with Crippen LogP contribution in [0.1, 0.15) is 44.8 Å². The first-order valence-electron chi connectivity index (χ1n) is 10.8. The highest BCUT2D eigenvalue weighted by molar-refractivity contribution is 6.02. The summed E-state index contributed by atoms with van der Waals surface area (Å²) in [6.07, 6.45) is 8.71. The lowest BCUT2D eigenvalue weighted by atomic mass is 9.77. The molecule has 30 heavy (non-hydrogen) atoms. The minimum Gasteiger partial charge on any atom is -0.495 e. The first-order valence-corrected chi connectivity index (χ1v) is 10.8. The fraction of sp³-hybridized carbons (Fsp3) is 0.440. The summed E-state index contributed by atoms with van der Waals surface area (Å²) in [4.78, 5) is 9.37. The Kier molecular flexibility index (Phi) is 6.18. The molecule has 2 N–H and O–H groups in total. The summed E-state index contributed by atoms with van der Waals surface area (Å²) in [6, 6.07) is 10.3. The molecule has 3 atom stereocenters. The summed E-state index contributed by atoms with van der Waals surface area (Å²) in [5.41, 5.74) is 9.33. The summed E-state index contributed by atoms with van der Waals surface area (Å²) < 4.78 is 12.0. The highest BCUT2D eigenvalue weighted by Crippen LogP contribution is 2.39. The van der Waals surface area contributed by atoms with Gasteiger partial charge in [0.05, 0.1) is 12.8 Å². The van der Waals surface area contributed by atoms with Gasteiger partial charge in [-0.3, -0.25) is 9.98 Å². The lowest BCUT2D eigenvalue weighted by Crippen LogP contribution is -2.32. The minimum atomic E-state index is -0.426. The van der Waals surface area contributed by atoms with Crippen LogP contribution in [-0.4, -0.2) is 31.7 Å². The van der Waals surface area contributed by atoms with Crippen molar-refractivity contribution in [2.75, 3.05) is 13.7 Å². The van der Waals surface area contributed by atoms with Crippen molar-refractivity contribution in [2.45, 2.75) is 45.2 Å². The van der Waals surface area contributed by atoms with Gasteiger partial charge in [0.25, 0.3) is 0 Å². The summed E-state index contributed by atoms with van der Waals surface area (Å²) in [6.45, 7) is 5.30. The number of ether oxygens (including phenoxy) is 1. The number of methoxy groups -OCH3 is 1. The number of allylic oxidation sites excluding steroid dienone is 3. The summed E-state index contributed by atoms with van der Waals surface area (Å²) in [5.74, 6) is 2.55. The molecule has 3 unspecified atom stereocenters. The molecule has 2 aromatic rings.